The van der Waals surface area contributed by atoms with Crippen LogP contribution < -0.4 is 14.4 Å². The highest BCUT2D eigenvalue weighted by Crippen LogP contribution is 2.32. The molecule has 6 heteroatoms. The normalized spacial score (nSPS) is 17.4. The molecule has 146 valence electrons. The molecular formula is C21H27FN2O3. The van der Waals surface area contributed by atoms with E-state index in [9.17, 15) is 9.50 Å². The number of anilines is 1. The van der Waals surface area contributed by atoms with Crippen LogP contribution in [0.5, 0.6) is 11.5 Å². The zero-order valence-electron chi connectivity index (χ0n) is 15.8. The Bertz CT molecular complexity index is 743. The number of para-hydroxylation sites is 3. The maximum atomic E-state index is 13.6. The predicted octanol–water partition coefficient (Wildman–Crippen LogP) is 2.78. The largest absolute Gasteiger partial charge is 0.488 e. The van der Waals surface area contributed by atoms with Crippen molar-refractivity contribution in [3.63, 3.8) is 0 Å². The lowest BCUT2D eigenvalue weighted by Crippen LogP contribution is -2.47. The van der Waals surface area contributed by atoms with Crippen LogP contribution in [0.25, 0.3) is 0 Å². The standard InChI is InChI=1S/C21H27FN2O3/c1-3-24-14-17(27-21-11-7-5-9-19(21)24)13-23(2)12-16(25)15-26-20-10-6-4-8-18(20)22/h4-11,16-17,25H,3,12-15H2,1-2H3/t16-,17-/m1/s1. The second kappa shape index (κ2) is 9.06. The van der Waals surface area contributed by atoms with E-state index in [0.29, 0.717) is 13.1 Å². The summed E-state index contributed by atoms with van der Waals surface area (Å²) in [6.45, 7) is 5.00. The third kappa shape index (κ3) is 5.11. The van der Waals surface area contributed by atoms with E-state index >= 15 is 0 Å². The zero-order chi connectivity index (χ0) is 19.2. The third-order valence-electron chi connectivity index (χ3n) is 4.61. The summed E-state index contributed by atoms with van der Waals surface area (Å²) in [6.07, 6.45) is -0.697. The van der Waals surface area contributed by atoms with Gasteiger partial charge in [-0.15, -0.1) is 0 Å². The van der Waals surface area contributed by atoms with Crippen molar-refractivity contribution in [3.8, 4) is 11.5 Å². The summed E-state index contributed by atoms with van der Waals surface area (Å²) in [5.41, 5.74) is 1.12. The first-order valence-electron chi connectivity index (χ1n) is 9.31. The molecule has 0 amide bonds. The average Bonchev–Trinajstić information content (AvgIpc) is 2.66. The van der Waals surface area contributed by atoms with Crippen molar-refractivity contribution in [1.82, 2.24) is 4.90 Å². The summed E-state index contributed by atoms with van der Waals surface area (Å²) in [5, 5.41) is 10.2. The Balaban J connectivity index is 1.49. The number of fused-ring (bicyclic) bond motifs is 1. The number of aliphatic hydroxyl groups excluding tert-OH is 1. The summed E-state index contributed by atoms with van der Waals surface area (Å²) in [7, 11) is 1.94. The third-order valence-corrected chi connectivity index (χ3v) is 4.61. The maximum absolute atomic E-state index is 13.6. The van der Waals surface area contributed by atoms with Crippen molar-refractivity contribution < 1.29 is 19.0 Å². The quantitative estimate of drug-likeness (QED) is 0.770. The minimum Gasteiger partial charge on any atom is -0.488 e. The van der Waals surface area contributed by atoms with Crippen molar-refractivity contribution in [3.05, 3.63) is 54.3 Å². The van der Waals surface area contributed by atoms with Crippen molar-refractivity contribution in [2.45, 2.75) is 19.1 Å². The Morgan fingerprint density at radius 3 is 2.78 bits per heavy atom. The second-order valence-electron chi connectivity index (χ2n) is 6.86. The Morgan fingerprint density at radius 1 is 1.26 bits per heavy atom. The minimum atomic E-state index is -0.715. The van der Waals surface area contributed by atoms with Gasteiger partial charge >= 0.3 is 0 Å². The van der Waals surface area contributed by atoms with Crippen LogP contribution in [0, 0.1) is 5.82 Å². The molecule has 0 unspecified atom stereocenters. The SMILES string of the molecule is CCN1C[C@@H](CN(C)C[C@@H](O)COc2ccccc2F)Oc2ccccc21. The van der Waals surface area contributed by atoms with Crippen LogP contribution >= 0.6 is 0 Å². The summed E-state index contributed by atoms with van der Waals surface area (Å²) in [4.78, 5) is 4.32. The van der Waals surface area contributed by atoms with E-state index in [1.54, 1.807) is 18.2 Å². The van der Waals surface area contributed by atoms with Crippen LogP contribution in [0.3, 0.4) is 0 Å². The van der Waals surface area contributed by atoms with E-state index in [0.717, 1.165) is 24.5 Å². The van der Waals surface area contributed by atoms with Gasteiger partial charge in [-0.3, -0.25) is 4.90 Å². The number of likely N-dealkylation sites (N-methyl/N-ethyl adjacent to an activating group) is 2. The number of nitrogens with zero attached hydrogens (tertiary/aromatic N) is 2. The van der Waals surface area contributed by atoms with Crippen LogP contribution in [0.15, 0.2) is 48.5 Å². The molecule has 2 atom stereocenters. The van der Waals surface area contributed by atoms with Gasteiger partial charge in [-0.05, 0) is 38.2 Å². The molecule has 2 aromatic rings. The van der Waals surface area contributed by atoms with Crippen molar-refractivity contribution in [2.75, 3.05) is 44.7 Å². The van der Waals surface area contributed by atoms with Gasteiger partial charge in [0.15, 0.2) is 11.6 Å². The highest BCUT2D eigenvalue weighted by Gasteiger charge is 2.26. The highest BCUT2D eigenvalue weighted by atomic mass is 19.1. The van der Waals surface area contributed by atoms with Crippen LogP contribution in [0.2, 0.25) is 0 Å². The molecule has 0 aromatic heterocycles. The number of hydrogen-bond donors (Lipinski definition) is 1. The van der Waals surface area contributed by atoms with Crippen LogP contribution in [0.1, 0.15) is 6.92 Å². The van der Waals surface area contributed by atoms with Crippen LogP contribution in [-0.4, -0.2) is 62.0 Å². The van der Waals surface area contributed by atoms with Gasteiger partial charge in [-0.2, -0.15) is 0 Å². The maximum Gasteiger partial charge on any atom is 0.165 e. The summed E-state index contributed by atoms with van der Waals surface area (Å²) in [5.74, 6) is 0.629. The summed E-state index contributed by atoms with van der Waals surface area (Å²) >= 11 is 0. The van der Waals surface area contributed by atoms with Gasteiger partial charge in [0.2, 0.25) is 0 Å². The zero-order valence-corrected chi connectivity index (χ0v) is 15.8. The minimum absolute atomic E-state index is 0.0181. The number of halogens is 1. The number of aliphatic hydroxyl groups is 1. The Labute approximate surface area is 159 Å². The van der Waals surface area contributed by atoms with E-state index in [1.807, 2.05) is 30.1 Å². The van der Waals surface area contributed by atoms with E-state index in [-0.39, 0.29) is 18.5 Å². The monoisotopic (exact) mass is 374 g/mol. The molecule has 0 spiro atoms. The van der Waals surface area contributed by atoms with Crippen molar-refractivity contribution >= 4 is 5.69 Å². The van der Waals surface area contributed by atoms with E-state index in [2.05, 4.69) is 17.9 Å². The first kappa shape index (κ1) is 19.5. The molecule has 2 aromatic carbocycles. The van der Waals surface area contributed by atoms with Gasteiger partial charge in [0.1, 0.15) is 24.6 Å². The molecule has 1 aliphatic rings. The van der Waals surface area contributed by atoms with E-state index in [4.69, 9.17) is 9.47 Å². The first-order chi connectivity index (χ1) is 13.1. The molecule has 0 saturated heterocycles. The van der Waals surface area contributed by atoms with Gasteiger partial charge in [-0.1, -0.05) is 24.3 Å². The van der Waals surface area contributed by atoms with Crippen molar-refractivity contribution in [1.29, 1.82) is 0 Å². The first-order valence-corrected chi connectivity index (χ1v) is 9.31. The molecule has 0 fully saturated rings. The lowest BCUT2D eigenvalue weighted by Gasteiger charge is -2.37. The fourth-order valence-electron chi connectivity index (χ4n) is 3.36. The molecule has 0 bridgehead atoms. The Kier molecular flexibility index (Phi) is 6.53. The molecule has 3 rings (SSSR count). The van der Waals surface area contributed by atoms with E-state index < -0.39 is 11.9 Å². The Morgan fingerprint density at radius 2 is 2.00 bits per heavy atom. The average molecular weight is 374 g/mol. The topological polar surface area (TPSA) is 45.2 Å². The Hall–Kier alpha value is -2.31. The number of benzene rings is 2. The molecule has 27 heavy (non-hydrogen) atoms. The van der Waals surface area contributed by atoms with Gasteiger partial charge < -0.3 is 19.5 Å². The predicted molar refractivity (Wildman–Crippen MR) is 104 cm³/mol. The highest BCUT2D eigenvalue weighted by molar-refractivity contribution is 5.60. The van der Waals surface area contributed by atoms with Crippen molar-refractivity contribution in [2.24, 2.45) is 0 Å². The van der Waals surface area contributed by atoms with Crippen LogP contribution in [-0.2, 0) is 0 Å². The lowest BCUT2D eigenvalue weighted by atomic mass is 10.1. The molecule has 1 heterocycles. The number of hydrogen-bond acceptors (Lipinski definition) is 5. The summed E-state index contributed by atoms with van der Waals surface area (Å²) < 4.78 is 25.1. The van der Waals surface area contributed by atoms with Gasteiger partial charge in [0.05, 0.1) is 12.2 Å². The fourth-order valence-corrected chi connectivity index (χ4v) is 3.36. The van der Waals surface area contributed by atoms with Gasteiger partial charge in [0.25, 0.3) is 0 Å². The smallest absolute Gasteiger partial charge is 0.165 e. The number of ether oxygens (including phenoxy) is 2. The summed E-state index contributed by atoms with van der Waals surface area (Å²) in [6, 6.07) is 14.3. The molecular weight excluding hydrogens is 347 g/mol. The molecule has 0 saturated carbocycles. The molecule has 5 nitrogen and oxygen atoms in total. The lowest BCUT2D eigenvalue weighted by molar-refractivity contribution is 0.0595. The molecule has 1 aliphatic heterocycles. The fraction of sp³-hybridized carbons (Fsp3) is 0.429. The van der Waals surface area contributed by atoms with Gasteiger partial charge in [0, 0.05) is 19.6 Å². The molecule has 1 N–H and O–H groups in total. The molecule has 0 radical (unpaired) electrons. The van der Waals surface area contributed by atoms with E-state index in [1.165, 1.54) is 6.07 Å². The second-order valence-corrected chi connectivity index (χ2v) is 6.86. The number of rotatable bonds is 8. The van der Waals surface area contributed by atoms with Gasteiger partial charge in [-0.25, -0.2) is 4.39 Å². The molecule has 0 aliphatic carbocycles. The van der Waals surface area contributed by atoms with Crippen LogP contribution in [0.4, 0.5) is 10.1 Å².